The van der Waals surface area contributed by atoms with E-state index in [4.69, 9.17) is 9.26 Å². The number of anilines is 3. The normalized spacial score (nSPS) is 17.9. The molecule has 0 spiro atoms. The van der Waals surface area contributed by atoms with Crippen molar-refractivity contribution in [3.8, 4) is 0 Å². The Morgan fingerprint density at radius 3 is 2.48 bits per heavy atom. The number of amides is 2. The molecule has 0 saturated carbocycles. The summed E-state index contributed by atoms with van der Waals surface area (Å²) in [5.41, 5.74) is 1.89. The van der Waals surface area contributed by atoms with Crippen LogP contribution in [0.1, 0.15) is 5.76 Å². The molecule has 0 radical (unpaired) electrons. The Morgan fingerprint density at radius 2 is 1.78 bits per heavy atom. The fraction of sp³-hybridized carbons (Fsp3) is 0.474. The molecule has 0 atom stereocenters. The number of ether oxygens (including phenoxy) is 1. The van der Waals surface area contributed by atoms with Crippen molar-refractivity contribution in [3.05, 3.63) is 36.1 Å². The van der Waals surface area contributed by atoms with Crippen molar-refractivity contribution in [2.75, 3.05) is 67.6 Å². The third-order valence-corrected chi connectivity index (χ3v) is 5.00. The molecule has 144 valence electrons. The van der Waals surface area contributed by atoms with E-state index >= 15 is 0 Å². The van der Waals surface area contributed by atoms with Gasteiger partial charge in [0, 0.05) is 45.3 Å². The fourth-order valence-corrected chi connectivity index (χ4v) is 3.49. The first-order valence-corrected chi connectivity index (χ1v) is 9.36. The van der Waals surface area contributed by atoms with Crippen LogP contribution < -0.4 is 15.1 Å². The number of hydrogen-bond donors (Lipinski definition) is 1. The van der Waals surface area contributed by atoms with Crippen molar-refractivity contribution in [2.24, 2.45) is 0 Å². The number of nitrogens with one attached hydrogen (secondary N) is 1. The van der Waals surface area contributed by atoms with Gasteiger partial charge in [-0.25, -0.2) is 4.79 Å². The van der Waals surface area contributed by atoms with E-state index in [1.165, 1.54) is 0 Å². The van der Waals surface area contributed by atoms with Gasteiger partial charge in [-0.1, -0.05) is 17.3 Å². The summed E-state index contributed by atoms with van der Waals surface area (Å²) in [5, 5.41) is 7.14. The summed E-state index contributed by atoms with van der Waals surface area (Å²) in [4.78, 5) is 19.0. The zero-order valence-corrected chi connectivity index (χ0v) is 15.6. The Hall–Kier alpha value is -2.74. The average molecular weight is 371 g/mol. The highest BCUT2D eigenvalue weighted by atomic mass is 16.5. The van der Waals surface area contributed by atoms with Gasteiger partial charge in [-0.15, -0.1) is 0 Å². The molecule has 1 N–H and O–H groups in total. The van der Waals surface area contributed by atoms with E-state index in [9.17, 15) is 4.79 Å². The summed E-state index contributed by atoms with van der Waals surface area (Å²) in [5.74, 6) is 1.63. The third kappa shape index (κ3) is 4.00. The number of urea groups is 1. The molecule has 8 heteroatoms. The first-order valence-electron chi connectivity index (χ1n) is 9.36. The van der Waals surface area contributed by atoms with Gasteiger partial charge in [-0.3, -0.25) is 0 Å². The second-order valence-electron chi connectivity index (χ2n) is 6.82. The van der Waals surface area contributed by atoms with Gasteiger partial charge >= 0.3 is 6.03 Å². The molecule has 0 aliphatic carbocycles. The topological polar surface area (TPSA) is 74.1 Å². The number of morpholine rings is 1. The molecule has 2 aromatic rings. The van der Waals surface area contributed by atoms with Gasteiger partial charge in [0.25, 0.3) is 0 Å². The van der Waals surface area contributed by atoms with Crippen LogP contribution in [0.5, 0.6) is 0 Å². The van der Waals surface area contributed by atoms with Crippen LogP contribution in [-0.4, -0.2) is 68.6 Å². The molecule has 2 amide bonds. The van der Waals surface area contributed by atoms with Crippen molar-refractivity contribution < 1.29 is 14.1 Å². The van der Waals surface area contributed by atoms with Gasteiger partial charge < -0.3 is 29.3 Å². The highest BCUT2D eigenvalue weighted by Gasteiger charge is 2.24. The van der Waals surface area contributed by atoms with E-state index in [1.54, 1.807) is 0 Å². The van der Waals surface area contributed by atoms with Crippen molar-refractivity contribution in [3.63, 3.8) is 0 Å². The molecule has 0 bridgehead atoms. The molecule has 27 heavy (non-hydrogen) atoms. The van der Waals surface area contributed by atoms with Crippen molar-refractivity contribution in [1.82, 2.24) is 10.1 Å². The first kappa shape index (κ1) is 17.7. The van der Waals surface area contributed by atoms with Crippen LogP contribution in [0.15, 0.2) is 34.9 Å². The number of aromatic nitrogens is 1. The second kappa shape index (κ2) is 7.87. The number of piperazine rings is 1. The minimum Gasteiger partial charge on any atom is -0.378 e. The molecule has 1 aromatic carbocycles. The monoisotopic (exact) mass is 371 g/mol. The van der Waals surface area contributed by atoms with Crippen molar-refractivity contribution in [2.45, 2.75) is 6.92 Å². The largest absolute Gasteiger partial charge is 0.378 e. The van der Waals surface area contributed by atoms with Crippen LogP contribution >= 0.6 is 0 Å². The Labute approximate surface area is 158 Å². The Bertz CT molecular complexity index is 779. The highest BCUT2D eigenvalue weighted by molar-refractivity contribution is 5.93. The molecule has 0 unspecified atom stereocenters. The van der Waals surface area contributed by atoms with Crippen LogP contribution in [0.3, 0.4) is 0 Å². The third-order valence-electron chi connectivity index (χ3n) is 5.00. The summed E-state index contributed by atoms with van der Waals surface area (Å²) in [6, 6.07) is 9.81. The number of aryl methyl sites for hydroxylation is 1. The number of para-hydroxylation sites is 2. The lowest BCUT2D eigenvalue weighted by atomic mass is 10.2. The van der Waals surface area contributed by atoms with Crippen molar-refractivity contribution in [1.29, 1.82) is 0 Å². The Balaban J connectivity index is 1.37. The molecule has 2 saturated heterocycles. The standard InChI is InChI=1S/C19H25N5O3/c1-15-14-18(21-27-15)23-6-8-24(9-7-23)19(25)20-16-4-2-3-5-17(16)22-10-12-26-13-11-22/h2-5,14H,6-13H2,1H3,(H,20,25). The predicted molar refractivity (Wildman–Crippen MR) is 104 cm³/mol. The summed E-state index contributed by atoms with van der Waals surface area (Å²) in [6.45, 7) is 7.76. The fourth-order valence-electron chi connectivity index (χ4n) is 3.49. The number of nitrogens with zero attached hydrogens (tertiary/aromatic N) is 4. The lowest BCUT2D eigenvalue weighted by Gasteiger charge is -2.35. The van der Waals surface area contributed by atoms with Gasteiger partial charge in [-0.2, -0.15) is 0 Å². The van der Waals surface area contributed by atoms with Crippen LogP contribution in [0.25, 0.3) is 0 Å². The molecule has 3 heterocycles. The molecule has 2 aliphatic heterocycles. The van der Waals surface area contributed by atoms with Gasteiger partial charge in [0.15, 0.2) is 5.82 Å². The zero-order valence-electron chi connectivity index (χ0n) is 15.6. The second-order valence-corrected chi connectivity index (χ2v) is 6.82. The lowest BCUT2D eigenvalue weighted by molar-refractivity contribution is 0.123. The zero-order chi connectivity index (χ0) is 18.6. The maximum Gasteiger partial charge on any atom is 0.322 e. The lowest BCUT2D eigenvalue weighted by Crippen LogP contribution is -2.50. The summed E-state index contributed by atoms with van der Waals surface area (Å²) in [7, 11) is 0. The highest BCUT2D eigenvalue weighted by Crippen LogP contribution is 2.27. The molecule has 2 fully saturated rings. The average Bonchev–Trinajstić information content (AvgIpc) is 3.15. The molecule has 8 nitrogen and oxygen atoms in total. The maximum atomic E-state index is 12.8. The van der Waals surface area contributed by atoms with Gasteiger partial charge in [0.05, 0.1) is 24.6 Å². The smallest absolute Gasteiger partial charge is 0.322 e. The molecule has 4 rings (SSSR count). The summed E-state index contributed by atoms with van der Waals surface area (Å²) in [6.07, 6.45) is 0. The van der Waals surface area contributed by atoms with Gasteiger partial charge in [0.2, 0.25) is 0 Å². The molecule has 2 aliphatic rings. The van der Waals surface area contributed by atoms with E-state index in [0.717, 1.165) is 49.1 Å². The van der Waals surface area contributed by atoms with E-state index in [2.05, 4.69) is 20.3 Å². The van der Waals surface area contributed by atoms with E-state index in [0.29, 0.717) is 26.3 Å². The van der Waals surface area contributed by atoms with E-state index in [-0.39, 0.29) is 6.03 Å². The van der Waals surface area contributed by atoms with Gasteiger partial charge in [-0.05, 0) is 19.1 Å². The predicted octanol–water partition coefficient (Wildman–Crippen LogP) is 2.17. The quantitative estimate of drug-likeness (QED) is 0.891. The number of hydrogen-bond acceptors (Lipinski definition) is 6. The van der Waals surface area contributed by atoms with Crippen LogP contribution in [-0.2, 0) is 4.74 Å². The van der Waals surface area contributed by atoms with Crippen LogP contribution in [0.2, 0.25) is 0 Å². The van der Waals surface area contributed by atoms with E-state index < -0.39 is 0 Å². The Kier molecular flexibility index (Phi) is 5.15. The van der Waals surface area contributed by atoms with E-state index in [1.807, 2.05) is 42.2 Å². The SMILES string of the molecule is Cc1cc(N2CCN(C(=O)Nc3ccccc3N3CCOCC3)CC2)no1. The molecule has 1 aromatic heterocycles. The summed E-state index contributed by atoms with van der Waals surface area (Å²) >= 11 is 0. The number of carbonyl (C=O) groups is 1. The number of rotatable bonds is 3. The first-order chi connectivity index (χ1) is 13.2. The molecular formula is C19H25N5O3. The van der Waals surface area contributed by atoms with Gasteiger partial charge in [0.1, 0.15) is 5.76 Å². The summed E-state index contributed by atoms with van der Waals surface area (Å²) < 4.78 is 10.6. The minimum atomic E-state index is -0.0632. The minimum absolute atomic E-state index is 0.0632. The number of benzene rings is 1. The Morgan fingerprint density at radius 1 is 1.04 bits per heavy atom. The molecular weight excluding hydrogens is 346 g/mol. The van der Waals surface area contributed by atoms with Crippen molar-refractivity contribution >= 4 is 23.2 Å². The van der Waals surface area contributed by atoms with Crippen LogP contribution in [0.4, 0.5) is 22.0 Å². The number of carbonyl (C=O) groups excluding carboxylic acids is 1. The van der Waals surface area contributed by atoms with Crippen LogP contribution in [0, 0.1) is 6.92 Å². The maximum absolute atomic E-state index is 12.8.